The van der Waals surface area contributed by atoms with Crippen molar-refractivity contribution >= 4 is 11.9 Å². The van der Waals surface area contributed by atoms with Gasteiger partial charge in [-0.3, -0.25) is 9.78 Å². The van der Waals surface area contributed by atoms with Crippen LogP contribution in [0.1, 0.15) is 18.5 Å². The van der Waals surface area contributed by atoms with Gasteiger partial charge in [-0.1, -0.05) is 6.07 Å². The van der Waals surface area contributed by atoms with Crippen molar-refractivity contribution in [1.82, 2.24) is 19.9 Å². The van der Waals surface area contributed by atoms with E-state index in [1.54, 1.807) is 23.5 Å². The van der Waals surface area contributed by atoms with Gasteiger partial charge in [0.15, 0.2) is 0 Å². The Hall–Kier alpha value is -2.54. The molecule has 2 aromatic heterocycles. The topological polar surface area (TPSA) is 71.5 Å². The molecular formula is C19H23N5O2. The molecular weight excluding hydrogens is 330 g/mol. The number of carbonyl (C=O) groups is 1. The van der Waals surface area contributed by atoms with Gasteiger partial charge in [0.1, 0.15) is 6.10 Å². The van der Waals surface area contributed by atoms with Crippen LogP contribution in [0.25, 0.3) is 0 Å². The fourth-order valence-corrected chi connectivity index (χ4v) is 3.78. The molecule has 2 fully saturated rings. The fourth-order valence-electron chi connectivity index (χ4n) is 3.78. The summed E-state index contributed by atoms with van der Waals surface area (Å²) in [5.41, 5.74) is 0.881. The van der Waals surface area contributed by atoms with E-state index in [0.717, 1.165) is 37.6 Å². The molecule has 2 aliphatic rings. The van der Waals surface area contributed by atoms with Crippen LogP contribution in [0.5, 0.6) is 0 Å². The van der Waals surface area contributed by atoms with Crippen molar-refractivity contribution in [3.8, 4) is 0 Å². The molecule has 4 heterocycles. The van der Waals surface area contributed by atoms with Crippen LogP contribution >= 0.6 is 0 Å². The van der Waals surface area contributed by atoms with Crippen LogP contribution in [0.15, 0.2) is 42.9 Å². The number of ether oxygens (including phenoxy) is 1. The number of hydrogen-bond acceptors (Lipinski definition) is 6. The van der Waals surface area contributed by atoms with Crippen molar-refractivity contribution in [3.05, 3.63) is 48.5 Å². The number of rotatable bonds is 4. The molecule has 0 bridgehead atoms. The minimum atomic E-state index is -0.365. The summed E-state index contributed by atoms with van der Waals surface area (Å²) in [6.07, 6.45) is 6.73. The van der Waals surface area contributed by atoms with E-state index < -0.39 is 0 Å². The first-order valence-corrected chi connectivity index (χ1v) is 9.03. The number of pyridine rings is 1. The van der Waals surface area contributed by atoms with Crippen molar-refractivity contribution in [2.24, 2.45) is 5.92 Å². The average molecular weight is 353 g/mol. The summed E-state index contributed by atoms with van der Waals surface area (Å²) in [6.45, 7) is 2.14. The van der Waals surface area contributed by atoms with Crippen LogP contribution < -0.4 is 4.90 Å². The lowest BCUT2D eigenvalue weighted by atomic mass is 9.92. The summed E-state index contributed by atoms with van der Waals surface area (Å²) in [6, 6.07) is 7.55. The third kappa shape index (κ3) is 3.53. The molecule has 2 aromatic rings. The molecule has 136 valence electrons. The van der Waals surface area contributed by atoms with Crippen LogP contribution in [-0.2, 0) is 16.1 Å². The predicted octanol–water partition coefficient (Wildman–Crippen LogP) is 1.51. The van der Waals surface area contributed by atoms with Crippen LogP contribution in [-0.4, -0.2) is 58.1 Å². The second-order valence-electron chi connectivity index (χ2n) is 6.96. The number of amides is 1. The number of aromatic nitrogens is 3. The summed E-state index contributed by atoms with van der Waals surface area (Å²) >= 11 is 0. The van der Waals surface area contributed by atoms with Crippen LogP contribution in [0.4, 0.5) is 5.95 Å². The zero-order chi connectivity index (χ0) is 17.9. The summed E-state index contributed by atoms with van der Waals surface area (Å²) in [5.74, 6) is 1.19. The Kier molecular flexibility index (Phi) is 4.79. The number of piperidine rings is 1. The molecule has 7 nitrogen and oxygen atoms in total. The zero-order valence-electron chi connectivity index (χ0n) is 14.9. The molecule has 2 saturated heterocycles. The van der Waals surface area contributed by atoms with Gasteiger partial charge < -0.3 is 14.5 Å². The third-order valence-electron chi connectivity index (χ3n) is 5.16. The van der Waals surface area contributed by atoms with Gasteiger partial charge in [0.05, 0.1) is 18.3 Å². The Labute approximate surface area is 153 Å². The molecule has 0 N–H and O–H groups in total. The molecule has 3 atom stereocenters. The summed E-state index contributed by atoms with van der Waals surface area (Å²) in [7, 11) is 1.81. The highest BCUT2D eigenvalue weighted by Crippen LogP contribution is 2.34. The second kappa shape index (κ2) is 7.37. The lowest BCUT2D eigenvalue weighted by Gasteiger charge is -2.33. The van der Waals surface area contributed by atoms with Crippen molar-refractivity contribution < 1.29 is 9.53 Å². The Morgan fingerprint density at radius 2 is 2.04 bits per heavy atom. The fraction of sp³-hybridized carbons (Fsp3) is 0.474. The number of carbonyl (C=O) groups excluding carboxylic acids is 1. The molecule has 7 heteroatoms. The van der Waals surface area contributed by atoms with E-state index in [-0.39, 0.29) is 18.1 Å². The predicted molar refractivity (Wildman–Crippen MR) is 96.3 cm³/mol. The normalized spacial score (nSPS) is 25.0. The van der Waals surface area contributed by atoms with Crippen LogP contribution in [0.2, 0.25) is 0 Å². The monoisotopic (exact) mass is 353 g/mol. The highest BCUT2D eigenvalue weighted by atomic mass is 16.5. The van der Waals surface area contributed by atoms with E-state index in [9.17, 15) is 4.79 Å². The smallest absolute Gasteiger partial charge is 0.251 e. The van der Waals surface area contributed by atoms with Crippen LogP contribution in [0.3, 0.4) is 0 Å². The van der Waals surface area contributed by atoms with E-state index in [1.807, 2.05) is 31.3 Å². The quantitative estimate of drug-likeness (QED) is 0.830. The van der Waals surface area contributed by atoms with Crippen molar-refractivity contribution in [2.75, 3.05) is 25.0 Å². The molecule has 26 heavy (non-hydrogen) atoms. The van der Waals surface area contributed by atoms with E-state index in [2.05, 4.69) is 19.9 Å². The Bertz CT molecular complexity index is 742. The largest absolute Gasteiger partial charge is 0.363 e. The maximum Gasteiger partial charge on any atom is 0.251 e. The minimum Gasteiger partial charge on any atom is -0.363 e. The molecule has 0 radical (unpaired) electrons. The van der Waals surface area contributed by atoms with E-state index in [4.69, 9.17) is 4.74 Å². The third-order valence-corrected chi connectivity index (χ3v) is 5.16. The Balaban J connectivity index is 1.36. The van der Waals surface area contributed by atoms with Gasteiger partial charge in [-0.25, -0.2) is 9.97 Å². The van der Waals surface area contributed by atoms with Gasteiger partial charge >= 0.3 is 0 Å². The number of likely N-dealkylation sites (N-methyl/N-ethyl adjacent to an activating group) is 1. The van der Waals surface area contributed by atoms with E-state index in [0.29, 0.717) is 12.5 Å². The molecule has 1 amide bonds. The first-order chi connectivity index (χ1) is 12.7. The second-order valence-corrected chi connectivity index (χ2v) is 6.96. The Morgan fingerprint density at radius 1 is 1.23 bits per heavy atom. The number of hydrogen-bond donors (Lipinski definition) is 0. The molecule has 2 aliphatic heterocycles. The molecule has 0 aliphatic carbocycles. The van der Waals surface area contributed by atoms with Crippen molar-refractivity contribution in [3.63, 3.8) is 0 Å². The summed E-state index contributed by atoms with van der Waals surface area (Å²) in [4.78, 5) is 29.6. The molecule has 0 saturated carbocycles. The number of anilines is 1. The SMILES string of the molecule is CN(Cc1ccccn1)C(=O)[C@@H]1C[C@H]2CCN(c3ncccn3)C[C@@H]2O1. The van der Waals surface area contributed by atoms with Gasteiger partial charge in [0.2, 0.25) is 5.95 Å². The Morgan fingerprint density at radius 3 is 2.81 bits per heavy atom. The van der Waals surface area contributed by atoms with E-state index in [1.165, 1.54) is 0 Å². The van der Waals surface area contributed by atoms with Gasteiger partial charge in [-0.2, -0.15) is 0 Å². The highest BCUT2D eigenvalue weighted by Gasteiger charge is 2.43. The number of fused-ring (bicyclic) bond motifs is 1. The summed E-state index contributed by atoms with van der Waals surface area (Å²) < 4.78 is 6.13. The van der Waals surface area contributed by atoms with Crippen molar-refractivity contribution in [1.29, 1.82) is 0 Å². The lowest BCUT2D eigenvalue weighted by Crippen LogP contribution is -2.43. The van der Waals surface area contributed by atoms with Gasteiger partial charge in [0, 0.05) is 38.7 Å². The van der Waals surface area contributed by atoms with Gasteiger partial charge in [0.25, 0.3) is 5.91 Å². The van der Waals surface area contributed by atoms with Gasteiger partial charge in [-0.05, 0) is 37.0 Å². The lowest BCUT2D eigenvalue weighted by molar-refractivity contribution is -0.142. The average Bonchev–Trinajstić information content (AvgIpc) is 3.12. The van der Waals surface area contributed by atoms with E-state index >= 15 is 0 Å². The first kappa shape index (κ1) is 16.9. The standard InChI is InChI=1S/C19H23N5O2/c1-23(12-15-5-2-3-7-20-15)18(25)16-11-14-6-10-24(13-17(14)26-16)19-21-8-4-9-22-19/h2-5,7-9,14,16-17H,6,10-13H2,1H3/t14-,16+,17+/m1/s1. The summed E-state index contributed by atoms with van der Waals surface area (Å²) in [5, 5.41) is 0. The zero-order valence-corrected chi connectivity index (χ0v) is 14.9. The maximum absolute atomic E-state index is 12.8. The maximum atomic E-state index is 12.8. The first-order valence-electron chi connectivity index (χ1n) is 9.03. The van der Waals surface area contributed by atoms with Gasteiger partial charge in [-0.15, -0.1) is 0 Å². The number of nitrogens with zero attached hydrogens (tertiary/aromatic N) is 5. The molecule has 0 aromatic carbocycles. The van der Waals surface area contributed by atoms with Crippen LogP contribution in [0, 0.1) is 5.92 Å². The van der Waals surface area contributed by atoms with Crippen molar-refractivity contribution in [2.45, 2.75) is 31.6 Å². The molecule has 0 unspecified atom stereocenters. The molecule has 4 rings (SSSR count). The minimum absolute atomic E-state index is 0.0348. The highest BCUT2D eigenvalue weighted by molar-refractivity contribution is 5.81. The molecule has 0 spiro atoms.